The van der Waals surface area contributed by atoms with Gasteiger partial charge in [-0.1, -0.05) is 30.3 Å². The van der Waals surface area contributed by atoms with Crippen molar-refractivity contribution in [2.75, 3.05) is 0 Å². The van der Waals surface area contributed by atoms with Gasteiger partial charge >= 0.3 is 12.1 Å². The van der Waals surface area contributed by atoms with E-state index in [-0.39, 0.29) is 6.61 Å². The summed E-state index contributed by atoms with van der Waals surface area (Å²) in [4.78, 5) is 22.0. The first-order chi connectivity index (χ1) is 8.50. The Hall–Kier alpha value is -2.08. The summed E-state index contributed by atoms with van der Waals surface area (Å²) < 4.78 is 4.83. The first-order valence-electron chi connectivity index (χ1n) is 5.39. The molecule has 0 aromatic heterocycles. The lowest BCUT2D eigenvalue weighted by atomic mass is 10.2. The van der Waals surface area contributed by atoms with Crippen molar-refractivity contribution in [3.63, 3.8) is 0 Å². The summed E-state index contributed by atoms with van der Waals surface area (Å²) in [7, 11) is 0. The number of carboxylic acids is 1. The number of amides is 1. The lowest BCUT2D eigenvalue weighted by Crippen LogP contribution is -2.47. The zero-order valence-corrected chi connectivity index (χ0v) is 9.87. The molecule has 6 nitrogen and oxygen atoms in total. The Morgan fingerprint density at radius 2 is 1.94 bits per heavy atom. The van der Waals surface area contributed by atoms with Crippen LogP contribution in [-0.2, 0) is 16.1 Å². The summed E-state index contributed by atoms with van der Waals surface area (Å²) in [5, 5.41) is 20.0. The number of aliphatic hydroxyl groups is 1. The van der Waals surface area contributed by atoms with E-state index in [1.807, 2.05) is 6.07 Å². The molecule has 0 saturated heterocycles. The molecule has 0 spiro atoms. The minimum atomic E-state index is -1.38. The summed E-state index contributed by atoms with van der Waals surface area (Å²) in [6.07, 6.45) is -2.08. The fourth-order valence-corrected chi connectivity index (χ4v) is 1.28. The Morgan fingerprint density at radius 1 is 1.33 bits per heavy atom. The van der Waals surface area contributed by atoms with Crippen molar-refractivity contribution in [2.24, 2.45) is 0 Å². The third-order valence-corrected chi connectivity index (χ3v) is 2.23. The Labute approximate surface area is 104 Å². The fourth-order valence-electron chi connectivity index (χ4n) is 1.28. The van der Waals surface area contributed by atoms with Crippen LogP contribution in [-0.4, -0.2) is 34.4 Å². The normalized spacial score (nSPS) is 13.4. The van der Waals surface area contributed by atoms with Crippen LogP contribution in [0.2, 0.25) is 0 Å². The van der Waals surface area contributed by atoms with Gasteiger partial charge in [0.05, 0.1) is 6.10 Å². The molecule has 6 heteroatoms. The minimum Gasteiger partial charge on any atom is -0.480 e. The maximum atomic E-state index is 11.3. The number of carbonyl (C=O) groups excluding carboxylic acids is 1. The number of hydrogen-bond donors (Lipinski definition) is 3. The molecule has 1 amide bonds. The fraction of sp³-hybridized carbons (Fsp3) is 0.333. The van der Waals surface area contributed by atoms with E-state index >= 15 is 0 Å². The molecule has 0 bridgehead atoms. The van der Waals surface area contributed by atoms with Gasteiger partial charge < -0.3 is 20.3 Å². The van der Waals surface area contributed by atoms with Gasteiger partial charge in [0.25, 0.3) is 0 Å². The zero-order valence-electron chi connectivity index (χ0n) is 9.87. The van der Waals surface area contributed by atoms with Crippen molar-refractivity contribution >= 4 is 12.1 Å². The molecule has 0 aliphatic rings. The highest BCUT2D eigenvalue weighted by Gasteiger charge is 2.25. The number of benzene rings is 1. The van der Waals surface area contributed by atoms with E-state index in [0.29, 0.717) is 0 Å². The van der Waals surface area contributed by atoms with Crippen LogP contribution in [0.4, 0.5) is 4.79 Å². The number of alkyl carbamates (subject to hydrolysis) is 1. The van der Waals surface area contributed by atoms with Crippen molar-refractivity contribution in [1.82, 2.24) is 5.32 Å². The molecule has 0 aliphatic carbocycles. The molecule has 3 N–H and O–H groups in total. The molecule has 18 heavy (non-hydrogen) atoms. The number of hydrogen-bond acceptors (Lipinski definition) is 4. The lowest BCUT2D eigenvalue weighted by molar-refractivity contribution is -0.142. The van der Waals surface area contributed by atoms with Crippen LogP contribution in [0.25, 0.3) is 0 Å². The van der Waals surface area contributed by atoms with E-state index in [1.165, 1.54) is 6.92 Å². The van der Waals surface area contributed by atoms with Crippen LogP contribution in [0.1, 0.15) is 12.5 Å². The molecular weight excluding hydrogens is 238 g/mol. The van der Waals surface area contributed by atoms with E-state index in [9.17, 15) is 9.59 Å². The van der Waals surface area contributed by atoms with Gasteiger partial charge in [-0.2, -0.15) is 0 Å². The minimum absolute atomic E-state index is 0.0405. The summed E-state index contributed by atoms with van der Waals surface area (Å²) in [6, 6.07) is 7.59. The number of nitrogens with one attached hydrogen (secondary N) is 1. The molecule has 0 unspecified atom stereocenters. The summed E-state index contributed by atoms with van der Waals surface area (Å²) in [6.45, 7) is 1.31. The first-order valence-corrected chi connectivity index (χ1v) is 5.39. The van der Waals surface area contributed by atoms with Crippen LogP contribution in [0.3, 0.4) is 0 Å². The number of rotatable bonds is 5. The lowest BCUT2D eigenvalue weighted by Gasteiger charge is -2.16. The Bertz CT molecular complexity index is 404. The van der Waals surface area contributed by atoms with Gasteiger partial charge in [-0.15, -0.1) is 0 Å². The van der Waals surface area contributed by atoms with Gasteiger partial charge in [0, 0.05) is 0 Å². The number of carboxylic acid groups (broad SMARTS) is 1. The van der Waals surface area contributed by atoms with Crippen molar-refractivity contribution in [3.05, 3.63) is 35.9 Å². The predicted molar refractivity (Wildman–Crippen MR) is 62.9 cm³/mol. The van der Waals surface area contributed by atoms with E-state index in [2.05, 4.69) is 5.32 Å². The van der Waals surface area contributed by atoms with Crippen molar-refractivity contribution < 1.29 is 24.5 Å². The molecule has 0 heterocycles. The number of aliphatic carboxylic acids is 1. The molecule has 1 aromatic rings. The summed E-state index contributed by atoms with van der Waals surface area (Å²) in [5.74, 6) is -1.32. The molecule has 0 saturated carbocycles. The Balaban J connectivity index is 2.44. The number of ether oxygens (including phenoxy) is 1. The quantitative estimate of drug-likeness (QED) is 0.719. The third kappa shape index (κ3) is 4.42. The SMILES string of the molecule is C[C@@H](O)[C@H](NC(=O)OCc1ccccc1)C(=O)O. The molecule has 98 valence electrons. The number of aliphatic hydroxyl groups excluding tert-OH is 1. The molecule has 0 aliphatic heterocycles. The largest absolute Gasteiger partial charge is 0.480 e. The second-order valence-corrected chi connectivity index (χ2v) is 3.76. The summed E-state index contributed by atoms with van der Waals surface area (Å²) in [5.41, 5.74) is 0.788. The number of carbonyl (C=O) groups is 2. The highest BCUT2D eigenvalue weighted by molar-refractivity contribution is 5.80. The second-order valence-electron chi connectivity index (χ2n) is 3.76. The van der Waals surface area contributed by atoms with Crippen LogP contribution < -0.4 is 5.32 Å². The average Bonchev–Trinajstić information content (AvgIpc) is 2.34. The maximum absolute atomic E-state index is 11.3. The van der Waals surface area contributed by atoms with Gasteiger partial charge in [0.2, 0.25) is 0 Å². The average molecular weight is 253 g/mol. The van der Waals surface area contributed by atoms with Crippen LogP contribution >= 0.6 is 0 Å². The van der Waals surface area contributed by atoms with Crippen molar-refractivity contribution in [2.45, 2.75) is 25.7 Å². The second kappa shape index (κ2) is 6.61. The van der Waals surface area contributed by atoms with Gasteiger partial charge in [0.1, 0.15) is 6.61 Å². The highest BCUT2D eigenvalue weighted by Crippen LogP contribution is 2.01. The van der Waals surface area contributed by atoms with Crippen LogP contribution in [0.15, 0.2) is 30.3 Å². The van der Waals surface area contributed by atoms with E-state index in [0.717, 1.165) is 5.56 Å². The molecule has 0 fully saturated rings. The maximum Gasteiger partial charge on any atom is 0.408 e. The standard InChI is InChI=1S/C12H15NO5/c1-8(14)10(11(15)16)13-12(17)18-7-9-5-3-2-4-6-9/h2-6,8,10,14H,7H2,1H3,(H,13,17)(H,15,16)/t8-,10+/m1/s1. The van der Waals surface area contributed by atoms with Gasteiger partial charge in [-0.05, 0) is 12.5 Å². The molecule has 1 rings (SSSR count). The molecule has 2 atom stereocenters. The van der Waals surface area contributed by atoms with Crippen LogP contribution in [0.5, 0.6) is 0 Å². The summed E-state index contributed by atoms with van der Waals surface area (Å²) >= 11 is 0. The van der Waals surface area contributed by atoms with Gasteiger partial charge in [-0.3, -0.25) is 0 Å². The first kappa shape index (κ1) is 14.0. The smallest absolute Gasteiger partial charge is 0.408 e. The van der Waals surface area contributed by atoms with Crippen molar-refractivity contribution in [3.8, 4) is 0 Å². The molecular formula is C12H15NO5. The topological polar surface area (TPSA) is 95.9 Å². The highest BCUT2D eigenvalue weighted by atomic mass is 16.5. The van der Waals surface area contributed by atoms with Gasteiger partial charge in [0.15, 0.2) is 6.04 Å². The molecule has 0 radical (unpaired) electrons. The van der Waals surface area contributed by atoms with E-state index in [1.54, 1.807) is 24.3 Å². The van der Waals surface area contributed by atoms with E-state index < -0.39 is 24.2 Å². The van der Waals surface area contributed by atoms with Crippen LogP contribution in [0, 0.1) is 0 Å². The monoisotopic (exact) mass is 253 g/mol. The van der Waals surface area contributed by atoms with E-state index in [4.69, 9.17) is 14.9 Å². The molecule has 1 aromatic carbocycles. The Kier molecular flexibility index (Phi) is 5.13. The van der Waals surface area contributed by atoms with Crippen molar-refractivity contribution in [1.29, 1.82) is 0 Å². The third-order valence-electron chi connectivity index (χ3n) is 2.23. The predicted octanol–water partition coefficient (Wildman–Crippen LogP) is 0.747. The zero-order chi connectivity index (χ0) is 13.5. The Morgan fingerprint density at radius 3 is 2.44 bits per heavy atom. The van der Waals surface area contributed by atoms with Gasteiger partial charge in [-0.25, -0.2) is 9.59 Å².